The molecule has 20 heavy (non-hydrogen) atoms. The van der Waals surface area contributed by atoms with Gasteiger partial charge in [-0.2, -0.15) is 5.10 Å². The topological polar surface area (TPSA) is 43.8 Å². The Balaban J connectivity index is 2.30. The zero-order valence-electron chi connectivity index (χ0n) is 12.0. The molecule has 2 aromatic rings. The molecule has 0 radical (unpaired) electrons. The number of rotatable bonds is 4. The lowest BCUT2D eigenvalue weighted by Gasteiger charge is -2.16. The molecule has 0 bridgehead atoms. The fourth-order valence-corrected chi connectivity index (χ4v) is 2.65. The molecule has 1 atom stereocenters. The molecule has 1 aromatic heterocycles. The van der Waals surface area contributed by atoms with Crippen LogP contribution in [0.2, 0.25) is 5.02 Å². The van der Waals surface area contributed by atoms with Crippen molar-refractivity contribution in [2.45, 2.75) is 39.8 Å². The molecule has 0 aliphatic carbocycles. The van der Waals surface area contributed by atoms with Gasteiger partial charge in [-0.3, -0.25) is 4.68 Å². The number of aryl methyl sites for hydroxylation is 3. The van der Waals surface area contributed by atoms with Crippen LogP contribution in [0.1, 0.15) is 35.5 Å². The van der Waals surface area contributed by atoms with Gasteiger partial charge in [0.25, 0.3) is 0 Å². The molecule has 0 fully saturated rings. The van der Waals surface area contributed by atoms with Crippen LogP contribution < -0.4 is 5.73 Å². The first-order valence-corrected chi connectivity index (χ1v) is 7.05. The van der Waals surface area contributed by atoms with Crippen molar-refractivity contribution < 1.29 is 4.39 Å². The molecule has 0 saturated carbocycles. The van der Waals surface area contributed by atoms with Crippen LogP contribution in [0.4, 0.5) is 4.39 Å². The van der Waals surface area contributed by atoms with Crippen molar-refractivity contribution in [3.8, 4) is 0 Å². The monoisotopic (exact) mass is 295 g/mol. The third kappa shape index (κ3) is 2.86. The van der Waals surface area contributed by atoms with Crippen molar-refractivity contribution in [2.75, 3.05) is 0 Å². The third-order valence-electron chi connectivity index (χ3n) is 3.50. The number of hydrogen-bond donors (Lipinski definition) is 1. The van der Waals surface area contributed by atoms with Crippen LogP contribution in [-0.2, 0) is 13.0 Å². The molecular weight excluding hydrogens is 277 g/mol. The Kier molecular flexibility index (Phi) is 4.45. The second-order valence-corrected chi connectivity index (χ2v) is 5.35. The van der Waals surface area contributed by atoms with E-state index < -0.39 is 0 Å². The molecule has 1 aromatic carbocycles. The quantitative estimate of drug-likeness (QED) is 0.937. The average Bonchev–Trinajstić information content (AvgIpc) is 2.66. The Morgan fingerprint density at radius 1 is 1.40 bits per heavy atom. The summed E-state index contributed by atoms with van der Waals surface area (Å²) < 4.78 is 15.0. The van der Waals surface area contributed by atoms with Gasteiger partial charge >= 0.3 is 0 Å². The van der Waals surface area contributed by atoms with E-state index in [0.717, 1.165) is 29.1 Å². The van der Waals surface area contributed by atoms with E-state index in [1.807, 2.05) is 25.5 Å². The Morgan fingerprint density at radius 3 is 2.70 bits per heavy atom. The molecule has 0 spiro atoms. The second-order valence-electron chi connectivity index (χ2n) is 4.97. The highest BCUT2D eigenvalue weighted by molar-refractivity contribution is 6.31. The Morgan fingerprint density at radius 2 is 2.10 bits per heavy atom. The number of aromatic nitrogens is 2. The summed E-state index contributed by atoms with van der Waals surface area (Å²) in [7, 11) is 0. The van der Waals surface area contributed by atoms with E-state index in [2.05, 4.69) is 5.10 Å². The lowest BCUT2D eigenvalue weighted by molar-refractivity contribution is 0.584. The standard InChI is InChI=1S/C15H19ClFN3/c1-4-20-14(15(16)10(3)19-20)8-13(18)12-6-5-11(17)7-9(12)2/h5-7,13H,4,8,18H2,1-3H3. The minimum absolute atomic E-state index is 0.227. The van der Waals surface area contributed by atoms with Crippen molar-refractivity contribution in [2.24, 2.45) is 5.73 Å². The summed E-state index contributed by atoms with van der Waals surface area (Å²) in [6.45, 7) is 6.51. The van der Waals surface area contributed by atoms with Crippen LogP contribution in [0.15, 0.2) is 18.2 Å². The zero-order valence-corrected chi connectivity index (χ0v) is 12.7. The smallest absolute Gasteiger partial charge is 0.123 e. The van der Waals surface area contributed by atoms with Gasteiger partial charge < -0.3 is 5.73 Å². The Bertz CT molecular complexity index is 622. The van der Waals surface area contributed by atoms with Gasteiger partial charge in [0.15, 0.2) is 0 Å². The number of hydrogen-bond acceptors (Lipinski definition) is 2. The lowest BCUT2D eigenvalue weighted by Crippen LogP contribution is -2.17. The van der Waals surface area contributed by atoms with Crippen LogP contribution in [0, 0.1) is 19.7 Å². The second kappa shape index (κ2) is 5.94. The summed E-state index contributed by atoms with van der Waals surface area (Å²) in [5.41, 5.74) is 9.79. The third-order valence-corrected chi connectivity index (χ3v) is 3.99. The zero-order chi connectivity index (χ0) is 14.9. The van der Waals surface area contributed by atoms with Crippen molar-refractivity contribution in [1.82, 2.24) is 9.78 Å². The van der Waals surface area contributed by atoms with Gasteiger partial charge in [-0.05, 0) is 44.0 Å². The molecule has 0 saturated heterocycles. The molecule has 108 valence electrons. The number of halogens is 2. The summed E-state index contributed by atoms with van der Waals surface area (Å²) in [4.78, 5) is 0. The van der Waals surface area contributed by atoms with Gasteiger partial charge in [-0.15, -0.1) is 0 Å². The SMILES string of the molecule is CCn1nc(C)c(Cl)c1CC(N)c1ccc(F)cc1C. The van der Waals surface area contributed by atoms with Crippen molar-refractivity contribution in [3.05, 3.63) is 51.6 Å². The molecule has 5 heteroatoms. The van der Waals surface area contributed by atoms with E-state index in [4.69, 9.17) is 17.3 Å². The summed E-state index contributed by atoms with van der Waals surface area (Å²) in [5.74, 6) is -0.245. The maximum absolute atomic E-state index is 13.1. The molecule has 0 amide bonds. The van der Waals surface area contributed by atoms with Crippen molar-refractivity contribution in [1.29, 1.82) is 0 Å². The minimum atomic E-state index is -0.245. The number of nitrogens with two attached hydrogens (primary N) is 1. The maximum Gasteiger partial charge on any atom is 0.123 e. The number of benzene rings is 1. The maximum atomic E-state index is 13.1. The molecule has 0 aliphatic heterocycles. The van der Waals surface area contributed by atoms with Gasteiger partial charge in [0.1, 0.15) is 5.82 Å². The fourth-order valence-electron chi connectivity index (χ4n) is 2.44. The molecular formula is C15H19ClFN3. The van der Waals surface area contributed by atoms with E-state index in [1.54, 1.807) is 6.07 Å². The summed E-state index contributed by atoms with van der Waals surface area (Å²) in [6.07, 6.45) is 0.583. The van der Waals surface area contributed by atoms with Gasteiger partial charge in [-0.25, -0.2) is 4.39 Å². The predicted molar refractivity (Wildman–Crippen MR) is 79.4 cm³/mol. The van der Waals surface area contributed by atoms with Gasteiger partial charge in [0, 0.05) is 19.0 Å². The first kappa shape index (κ1) is 15.0. The van der Waals surface area contributed by atoms with Crippen LogP contribution in [0.25, 0.3) is 0 Å². The molecule has 1 unspecified atom stereocenters. The van der Waals surface area contributed by atoms with Crippen molar-refractivity contribution in [3.63, 3.8) is 0 Å². The molecule has 2 rings (SSSR count). The van der Waals surface area contributed by atoms with Crippen LogP contribution >= 0.6 is 11.6 Å². The van der Waals surface area contributed by atoms with E-state index in [9.17, 15) is 4.39 Å². The largest absolute Gasteiger partial charge is 0.324 e. The fraction of sp³-hybridized carbons (Fsp3) is 0.400. The van der Waals surface area contributed by atoms with E-state index >= 15 is 0 Å². The van der Waals surface area contributed by atoms with Gasteiger partial charge in [0.05, 0.1) is 16.4 Å². The molecule has 3 nitrogen and oxygen atoms in total. The van der Waals surface area contributed by atoms with Crippen LogP contribution in [-0.4, -0.2) is 9.78 Å². The average molecular weight is 296 g/mol. The molecule has 2 N–H and O–H groups in total. The van der Waals surface area contributed by atoms with Gasteiger partial charge in [0.2, 0.25) is 0 Å². The summed E-state index contributed by atoms with van der Waals surface area (Å²) in [6, 6.07) is 4.45. The van der Waals surface area contributed by atoms with Crippen molar-refractivity contribution >= 4 is 11.6 Å². The van der Waals surface area contributed by atoms with Gasteiger partial charge in [-0.1, -0.05) is 17.7 Å². The van der Waals surface area contributed by atoms with Crippen LogP contribution in [0.3, 0.4) is 0 Å². The summed E-state index contributed by atoms with van der Waals surface area (Å²) >= 11 is 6.29. The first-order valence-electron chi connectivity index (χ1n) is 6.67. The highest BCUT2D eigenvalue weighted by atomic mass is 35.5. The highest BCUT2D eigenvalue weighted by Gasteiger charge is 2.18. The van der Waals surface area contributed by atoms with E-state index in [1.165, 1.54) is 12.1 Å². The summed E-state index contributed by atoms with van der Waals surface area (Å²) in [5, 5.41) is 5.05. The normalized spacial score (nSPS) is 12.7. The lowest BCUT2D eigenvalue weighted by atomic mass is 9.98. The molecule has 0 aliphatic rings. The first-order chi connectivity index (χ1) is 9.43. The van der Waals surface area contributed by atoms with E-state index in [0.29, 0.717) is 11.4 Å². The predicted octanol–water partition coefficient (Wildman–Crippen LogP) is 3.55. The molecule has 1 heterocycles. The highest BCUT2D eigenvalue weighted by Crippen LogP contribution is 2.26. The Hall–Kier alpha value is -1.39. The Labute approximate surface area is 123 Å². The van der Waals surface area contributed by atoms with Crippen LogP contribution in [0.5, 0.6) is 0 Å². The minimum Gasteiger partial charge on any atom is -0.324 e. The number of nitrogens with zero attached hydrogens (tertiary/aromatic N) is 2. The van der Waals surface area contributed by atoms with E-state index in [-0.39, 0.29) is 11.9 Å².